The maximum absolute atomic E-state index is 4.65. The van der Waals surface area contributed by atoms with E-state index in [1.807, 2.05) is 28.8 Å². The summed E-state index contributed by atoms with van der Waals surface area (Å²) >= 11 is 0. The van der Waals surface area contributed by atoms with Crippen molar-refractivity contribution in [2.24, 2.45) is 4.99 Å². The van der Waals surface area contributed by atoms with Crippen molar-refractivity contribution in [2.45, 2.75) is 59.7 Å². The van der Waals surface area contributed by atoms with Crippen molar-refractivity contribution in [2.75, 3.05) is 19.6 Å². The fourth-order valence-electron chi connectivity index (χ4n) is 3.07. The molecule has 0 amide bonds. The van der Waals surface area contributed by atoms with Crippen LogP contribution in [-0.2, 0) is 6.54 Å². The smallest absolute Gasteiger partial charge is 0.191 e. The number of pyridine rings is 1. The molecule has 0 saturated carbocycles. The second-order valence-electron chi connectivity index (χ2n) is 6.95. The molecule has 0 aliphatic heterocycles. The first-order valence-electron chi connectivity index (χ1n) is 9.59. The number of hydrogen-bond acceptors (Lipinski definition) is 4. The van der Waals surface area contributed by atoms with E-state index >= 15 is 0 Å². The van der Waals surface area contributed by atoms with Gasteiger partial charge in [-0.05, 0) is 53.2 Å². The molecule has 0 radical (unpaired) electrons. The molecule has 2 aromatic heterocycles. The second kappa shape index (κ2) is 10.1. The van der Waals surface area contributed by atoms with Crippen LogP contribution in [0, 0.1) is 0 Å². The van der Waals surface area contributed by atoms with E-state index < -0.39 is 0 Å². The molecule has 144 valence electrons. The van der Waals surface area contributed by atoms with E-state index in [0.717, 1.165) is 43.5 Å². The molecule has 7 heteroatoms. The molecule has 2 rings (SSSR count). The zero-order valence-corrected chi connectivity index (χ0v) is 16.7. The third-order valence-electron chi connectivity index (χ3n) is 4.32. The Labute approximate surface area is 156 Å². The van der Waals surface area contributed by atoms with Crippen LogP contribution >= 0.6 is 0 Å². The minimum Gasteiger partial charge on any atom is -0.357 e. The highest BCUT2D eigenvalue weighted by Gasteiger charge is 2.12. The van der Waals surface area contributed by atoms with E-state index in [0.29, 0.717) is 18.6 Å². The lowest BCUT2D eigenvalue weighted by atomic mass is 10.2. The standard InChI is InChI=1S/C19H33N7/c1-6-20-19(21-11-9-13-25(15(2)3)16(4)5)22-14-18-24-23-17-10-7-8-12-26(17)18/h7-8,10,12,15-16H,6,9,11,13-14H2,1-5H3,(H2,20,21,22). The van der Waals surface area contributed by atoms with Gasteiger partial charge in [-0.15, -0.1) is 10.2 Å². The highest BCUT2D eigenvalue weighted by atomic mass is 15.3. The van der Waals surface area contributed by atoms with Gasteiger partial charge in [-0.2, -0.15) is 0 Å². The molecule has 0 aromatic carbocycles. The Hall–Kier alpha value is -2.15. The third-order valence-corrected chi connectivity index (χ3v) is 4.32. The molecule has 0 aliphatic rings. The van der Waals surface area contributed by atoms with Crippen LogP contribution in [0.15, 0.2) is 29.4 Å². The number of rotatable bonds is 9. The number of hydrogen-bond donors (Lipinski definition) is 2. The van der Waals surface area contributed by atoms with Crippen LogP contribution in [0.3, 0.4) is 0 Å². The number of aliphatic imine (C=N–C) groups is 1. The Morgan fingerprint density at radius 2 is 1.92 bits per heavy atom. The molecule has 0 bridgehead atoms. The van der Waals surface area contributed by atoms with Crippen molar-refractivity contribution in [1.29, 1.82) is 0 Å². The molecule has 2 N–H and O–H groups in total. The van der Waals surface area contributed by atoms with Gasteiger partial charge < -0.3 is 10.6 Å². The van der Waals surface area contributed by atoms with Crippen LogP contribution in [0.5, 0.6) is 0 Å². The summed E-state index contributed by atoms with van der Waals surface area (Å²) in [7, 11) is 0. The van der Waals surface area contributed by atoms with Crippen molar-refractivity contribution in [1.82, 2.24) is 30.1 Å². The normalized spacial score (nSPS) is 12.5. The number of nitrogens with one attached hydrogen (secondary N) is 2. The van der Waals surface area contributed by atoms with Crippen molar-refractivity contribution >= 4 is 11.6 Å². The lowest BCUT2D eigenvalue weighted by molar-refractivity contribution is 0.173. The van der Waals surface area contributed by atoms with E-state index in [-0.39, 0.29) is 0 Å². The van der Waals surface area contributed by atoms with Crippen molar-refractivity contribution < 1.29 is 0 Å². The molecule has 0 fully saturated rings. The second-order valence-corrected chi connectivity index (χ2v) is 6.95. The average molecular weight is 360 g/mol. The molecular weight excluding hydrogens is 326 g/mol. The Morgan fingerprint density at radius 1 is 1.15 bits per heavy atom. The van der Waals surface area contributed by atoms with Crippen LogP contribution in [0.1, 0.15) is 46.9 Å². The van der Waals surface area contributed by atoms with Crippen LogP contribution in [0.2, 0.25) is 0 Å². The van der Waals surface area contributed by atoms with Gasteiger partial charge in [-0.25, -0.2) is 4.99 Å². The monoisotopic (exact) mass is 359 g/mol. The van der Waals surface area contributed by atoms with E-state index in [2.05, 4.69) is 65.3 Å². The van der Waals surface area contributed by atoms with Gasteiger partial charge in [0.05, 0.1) is 0 Å². The van der Waals surface area contributed by atoms with Crippen molar-refractivity contribution in [3.05, 3.63) is 30.2 Å². The molecule has 0 spiro atoms. The minimum atomic E-state index is 0.491. The number of guanidine groups is 1. The topological polar surface area (TPSA) is 69.8 Å². The number of fused-ring (bicyclic) bond motifs is 1. The summed E-state index contributed by atoms with van der Waals surface area (Å²) in [5.41, 5.74) is 0.845. The minimum absolute atomic E-state index is 0.491. The van der Waals surface area contributed by atoms with Gasteiger partial charge >= 0.3 is 0 Å². The molecule has 26 heavy (non-hydrogen) atoms. The molecule has 0 saturated heterocycles. The molecule has 2 aromatic rings. The van der Waals surface area contributed by atoms with E-state index in [4.69, 9.17) is 0 Å². The lowest BCUT2D eigenvalue weighted by Gasteiger charge is -2.30. The van der Waals surface area contributed by atoms with Crippen LogP contribution in [0.4, 0.5) is 0 Å². The summed E-state index contributed by atoms with van der Waals surface area (Å²) in [6.45, 7) is 14.4. The maximum atomic E-state index is 4.65. The van der Waals surface area contributed by atoms with Crippen LogP contribution < -0.4 is 10.6 Å². The van der Waals surface area contributed by atoms with Gasteiger partial charge in [0, 0.05) is 37.9 Å². The van der Waals surface area contributed by atoms with Crippen LogP contribution in [-0.4, -0.2) is 57.2 Å². The predicted octanol–water partition coefficient (Wildman–Crippen LogP) is 2.29. The summed E-state index contributed by atoms with van der Waals surface area (Å²) in [4.78, 5) is 7.16. The fraction of sp³-hybridized carbons (Fsp3) is 0.632. The van der Waals surface area contributed by atoms with E-state index in [1.54, 1.807) is 0 Å². The van der Waals surface area contributed by atoms with Gasteiger partial charge in [-0.1, -0.05) is 6.07 Å². The first kappa shape index (κ1) is 20.2. The SMILES string of the molecule is CCNC(=NCc1nnc2ccccn12)NCCCN(C(C)C)C(C)C. The molecule has 7 nitrogen and oxygen atoms in total. The van der Waals surface area contributed by atoms with Crippen molar-refractivity contribution in [3.8, 4) is 0 Å². The predicted molar refractivity (Wildman–Crippen MR) is 107 cm³/mol. The molecule has 0 unspecified atom stereocenters. The van der Waals surface area contributed by atoms with Crippen LogP contribution in [0.25, 0.3) is 5.65 Å². The first-order chi connectivity index (χ1) is 12.5. The van der Waals surface area contributed by atoms with E-state index in [9.17, 15) is 0 Å². The summed E-state index contributed by atoms with van der Waals surface area (Å²) in [6.07, 6.45) is 3.04. The summed E-state index contributed by atoms with van der Waals surface area (Å²) in [6, 6.07) is 7.01. The molecule has 0 aliphatic carbocycles. The Morgan fingerprint density at radius 3 is 2.62 bits per heavy atom. The summed E-state index contributed by atoms with van der Waals surface area (Å²) in [5.74, 6) is 1.66. The fourth-order valence-corrected chi connectivity index (χ4v) is 3.07. The first-order valence-corrected chi connectivity index (χ1v) is 9.59. The number of nitrogens with zero attached hydrogens (tertiary/aromatic N) is 5. The maximum Gasteiger partial charge on any atom is 0.191 e. The average Bonchev–Trinajstić information content (AvgIpc) is 3.02. The van der Waals surface area contributed by atoms with Gasteiger partial charge in [0.1, 0.15) is 6.54 Å². The van der Waals surface area contributed by atoms with Crippen molar-refractivity contribution in [3.63, 3.8) is 0 Å². The Bertz CT molecular complexity index is 682. The Kier molecular flexibility index (Phi) is 7.84. The van der Waals surface area contributed by atoms with Gasteiger partial charge in [-0.3, -0.25) is 9.30 Å². The molecule has 2 heterocycles. The molecule has 0 atom stereocenters. The highest BCUT2D eigenvalue weighted by Crippen LogP contribution is 2.05. The van der Waals surface area contributed by atoms with Gasteiger partial charge in [0.15, 0.2) is 17.4 Å². The Balaban J connectivity index is 1.88. The summed E-state index contributed by atoms with van der Waals surface area (Å²) in [5, 5.41) is 15.1. The summed E-state index contributed by atoms with van der Waals surface area (Å²) < 4.78 is 1.97. The highest BCUT2D eigenvalue weighted by molar-refractivity contribution is 5.79. The van der Waals surface area contributed by atoms with Gasteiger partial charge in [0.25, 0.3) is 0 Å². The number of aromatic nitrogens is 3. The third kappa shape index (κ3) is 5.69. The quantitative estimate of drug-likeness (QED) is 0.408. The largest absolute Gasteiger partial charge is 0.357 e. The van der Waals surface area contributed by atoms with E-state index in [1.165, 1.54) is 0 Å². The zero-order chi connectivity index (χ0) is 18.9. The van der Waals surface area contributed by atoms with Gasteiger partial charge in [0.2, 0.25) is 0 Å². The zero-order valence-electron chi connectivity index (χ0n) is 16.7. The lowest BCUT2D eigenvalue weighted by Crippen LogP contribution is -2.41. The molecular formula is C19H33N7.